The second kappa shape index (κ2) is 6.06. The molecule has 2 N–H and O–H groups in total. The normalized spacial score (nSPS) is 10.1. The van der Waals surface area contributed by atoms with Crippen LogP contribution in [0.25, 0.3) is 0 Å². The van der Waals surface area contributed by atoms with Crippen molar-refractivity contribution in [2.75, 3.05) is 11.9 Å². The Labute approximate surface area is 116 Å². The van der Waals surface area contributed by atoms with Crippen LogP contribution in [0.5, 0.6) is 5.75 Å². The van der Waals surface area contributed by atoms with Crippen LogP contribution in [-0.2, 0) is 4.79 Å². The molecule has 0 saturated heterocycles. The molecule has 0 atom stereocenters. The second-order valence-corrected chi connectivity index (χ2v) is 4.45. The third-order valence-electron chi connectivity index (χ3n) is 2.87. The first-order valence-electron chi connectivity index (χ1n) is 6.24. The number of carbonyl (C=O) groups excluding carboxylic acids is 1. The third kappa shape index (κ3) is 3.26. The maximum atomic E-state index is 11.8. The highest BCUT2D eigenvalue weighted by Gasteiger charge is 2.09. The third-order valence-corrected chi connectivity index (χ3v) is 2.87. The van der Waals surface area contributed by atoms with E-state index in [2.05, 4.69) is 10.3 Å². The average Bonchev–Trinajstić information content (AvgIpc) is 2.41. The Morgan fingerprint density at radius 1 is 1.25 bits per heavy atom. The molecular formula is C15H16N2O3. The highest BCUT2D eigenvalue weighted by atomic mass is 16.5. The second-order valence-electron chi connectivity index (χ2n) is 4.45. The van der Waals surface area contributed by atoms with Crippen molar-refractivity contribution in [1.29, 1.82) is 0 Å². The largest absolute Gasteiger partial charge is 0.478 e. The molecule has 2 rings (SSSR count). The summed E-state index contributed by atoms with van der Waals surface area (Å²) >= 11 is 0. The molecular weight excluding hydrogens is 256 g/mol. The van der Waals surface area contributed by atoms with Gasteiger partial charge in [0.15, 0.2) is 12.4 Å². The number of aryl methyl sites for hydroxylation is 2. The molecule has 0 aliphatic carbocycles. The zero-order valence-electron chi connectivity index (χ0n) is 11.4. The summed E-state index contributed by atoms with van der Waals surface area (Å²) in [7, 11) is 0. The number of benzene rings is 1. The quantitative estimate of drug-likeness (QED) is 0.894. The first kappa shape index (κ1) is 13.9. The summed E-state index contributed by atoms with van der Waals surface area (Å²) in [5.74, 6) is -0.130. The van der Waals surface area contributed by atoms with Crippen LogP contribution in [0.3, 0.4) is 0 Å². The van der Waals surface area contributed by atoms with E-state index in [0.29, 0.717) is 5.69 Å². The first-order chi connectivity index (χ1) is 9.58. The number of hydrogen-bond acceptors (Lipinski definition) is 3. The number of aromatic amines is 1. The fraction of sp³-hybridized carbons (Fsp3) is 0.200. The lowest BCUT2D eigenvalue weighted by atomic mass is 10.2. The van der Waals surface area contributed by atoms with Gasteiger partial charge in [-0.05, 0) is 25.5 Å². The van der Waals surface area contributed by atoms with Crippen molar-refractivity contribution in [3.05, 3.63) is 58.0 Å². The molecule has 1 aromatic heterocycles. The summed E-state index contributed by atoms with van der Waals surface area (Å²) in [6, 6.07) is 8.82. The molecule has 0 spiro atoms. The van der Waals surface area contributed by atoms with E-state index in [1.807, 2.05) is 31.2 Å². The van der Waals surface area contributed by atoms with E-state index < -0.39 is 0 Å². The predicted molar refractivity (Wildman–Crippen MR) is 77.1 cm³/mol. The number of anilines is 1. The summed E-state index contributed by atoms with van der Waals surface area (Å²) in [6.07, 6.45) is 1.54. The molecule has 5 heteroatoms. The minimum atomic E-state index is -0.304. The van der Waals surface area contributed by atoms with Gasteiger partial charge in [0.25, 0.3) is 5.91 Å². The fourth-order valence-corrected chi connectivity index (χ4v) is 1.78. The van der Waals surface area contributed by atoms with E-state index >= 15 is 0 Å². The van der Waals surface area contributed by atoms with E-state index in [9.17, 15) is 9.59 Å². The average molecular weight is 272 g/mol. The van der Waals surface area contributed by atoms with Crippen LogP contribution in [0.1, 0.15) is 11.3 Å². The number of nitrogens with one attached hydrogen (secondary N) is 2. The maximum Gasteiger partial charge on any atom is 0.262 e. The highest BCUT2D eigenvalue weighted by molar-refractivity contribution is 5.92. The van der Waals surface area contributed by atoms with Crippen LogP contribution in [0.2, 0.25) is 0 Å². The lowest BCUT2D eigenvalue weighted by molar-refractivity contribution is -0.118. The number of ether oxygens (including phenoxy) is 1. The van der Waals surface area contributed by atoms with E-state index in [0.717, 1.165) is 11.3 Å². The Hall–Kier alpha value is -2.56. The van der Waals surface area contributed by atoms with Gasteiger partial charge in [0.05, 0.1) is 5.69 Å². The van der Waals surface area contributed by atoms with Crippen LogP contribution in [0.15, 0.2) is 41.3 Å². The molecule has 2 aromatic rings. The van der Waals surface area contributed by atoms with Crippen molar-refractivity contribution >= 4 is 11.6 Å². The molecule has 0 radical (unpaired) electrons. The van der Waals surface area contributed by atoms with Crippen molar-refractivity contribution < 1.29 is 9.53 Å². The van der Waals surface area contributed by atoms with Gasteiger partial charge in [-0.3, -0.25) is 9.59 Å². The summed E-state index contributed by atoms with van der Waals surface area (Å²) in [4.78, 5) is 26.3. The zero-order chi connectivity index (χ0) is 14.5. The SMILES string of the molecule is Cc1ccccc1NC(=O)COc1c(C)[nH]ccc1=O. The summed E-state index contributed by atoms with van der Waals surface area (Å²) in [5.41, 5.74) is 2.06. The Bertz CT molecular complexity index is 677. The number of para-hydroxylation sites is 1. The van der Waals surface area contributed by atoms with Gasteiger partial charge in [0.2, 0.25) is 5.43 Å². The number of amides is 1. The molecule has 0 aliphatic rings. The lowest BCUT2D eigenvalue weighted by Gasteiger charge is -2.10. The first-order valence-corrected chi connectivity index (χ1v) is 6.24. The van der Waals surface area contributed by atoms with Crippen molar-refractivity contribution in [2.24, 2.45) is 0 Å². The Morgan fingerprint density at radius 3 is 2.70 bits per heavy atom. The number of carbonyl (C=O) groups is 1. The van der Waals surface area contributed by atoms with Crippen molar-refractivity contribution in [2.45, 2.75) is 13.8 Å². The monoisotopic (exact) mass is 272 g/mol. The molecule has 5 nitrogen and oxygen atoms in total. The molecule has 1 heterocycles. The molecule has 0 fully saturated rings. The van der Waals surface area contributed by atoms with Gasteiger partial charge in [-0.2, -0.15) is 0 Å². The Morgan fingerprint density at radius 2 is 2.00 bits per heavy atom. The molecule has 0 unspecified atom stereocenters. The zero-order valence-corrected chi connectivity index (χ0v) is 11.4. The van der Waals surface area contributed by atoms with Gasteiger partial charge < -0.3 is 15.0 Å². The van der Waals surface area contributed by atoms with E-state index in [-0.39, 0.29) is 23.7 Å². The molecule has 0 saturated carbocycles. The molecule has 104 valence electrons. The number of pyridine rings is 1. The molecule has 1 aromatic carbocycles. The Kier molecular flexibility index (Phi) is 4.20. The van der Waals surface area contributed by atoms with Gasteiger partial charge in [0, 0.05) is 18.0 Å². The standard InChI is InChI=1S/C15H16N2O3/c1-10-5-3-4-6-12(10)17-14(19)9-20-15-11(2)16-8-7-13(15)18/h3-8H,9H2,1-2H3,(H,16,18)(H,17,19). The smallest absolute Gasteiger partial charge is 0.262 e. The van der Waals surface area contributed by atoms with Gasteiger partial charge >= 0.3 is 0 Å². The summed E-state index contributed by atoms with van der Waals surface area (Å²) in [6.45, 7) is 3.42. The van der Waals surface area contributed by atoms with Crippen molar-refractivity contribution in [3.8, 4) is 5.75 Å². The van der Waals surface area contributed by atoms with Crippen LogP contribution < -0.4 is 15.5 Å². The van der Waals surface area contributed by atoms with Gasteiger partial charge in [-0.15, -0.1) is 0 Å². The van der Waals surface area contributed by atoms with E-state index in [1.54, 1.807) is 6.92 Å². The van der Waals surface area contributed by atoms with Gasteiger partial charge in [-0.1, -0.05) is 18.2 Å². The van der Waals surface area contributed by atoms with Crippen LogP contribution >= 0.6 is 0 Å². The lowest BCUT2D eigenvalue weighted by Crippen LogP contribution is -2.23. The number of rotatable bonds is 4. The molecule has 20 heavy (non-hydrogen) atoms. The van der Waals surface area contributed by atoms with Gasteiger partial charge in [0.1, 0.15) is 0 Å². The Balaban J connectivity index is 2.00. The van der Waals surface area contributed by atoms with Crippen LogP contribution in [0, 0.1) is 13.8 Å². The van der Waals surface area contributed by atoms with E-state index in [4.69, 9.17) is 4.74 Å². The highest BCUT2D eigenvalue weighted by Crippen LogP contribution is 2.13. The van der Waals surface area contributed by atoms with E-state index in [1.165, 1.54) is 12.3 Å². The number of hydrogen-bond donors (Lipinski definition) is 2. The minimum absolute atomic E-state index is 0.174. The molecule has 1 amide bonds. The minimum Gasteiger partial charge on any atom is -0.478 e. The van der Waals surface area contributed by atoms with Crippen molar-refractivity contribution in [1.82, 2.24) is 4.98 Å². The summed E-state index contributed by atoms with van der Waals surface area (Å²) < 4.78 is 5.29. The summed E-state index contributed by atoms with van der Waals surface area (Å²) in [5, 5.41) is 2.74. The van der Waals surface area contributed by atoms with Gasteiger partial charge in [-0.25, -0.2) is 0 Å². The van der Waals surface area contributed by atoms with Crippen LogP contribution in [-0.4, -0.2) is 17.5 Å². The topological polar surface area (TPSA) is 71.2 Å². The number of aromatic nitrogens is 1. The molecule has 0 aliphatic heterocycles. The maximum absolute atomic E-state index is 11.8. The van der Waals surface area contributed by atoms with Crippen LogP contribution in [0.4, 0.5) is 5.69 Å². The fourth-order valence-electron chi connectivity index (χ4n) is 1.78. The van der Waals surface area contributed by atoms with Crippen molar-refractivity contribution in [3.63, 3.8) is 0 Å². The predicted octanol–water partition coefficient (Wildman–Crippen LogP) is 2.01. The number of H-pyrrole nitrogens is 1. The molecule has 0 bridgehead atoms.